The van der Waals surface area contributed by atoms with E-state index in [0.717, 1.165) is 0 Å². The molecule has 0 fully saturated rings. The number of hydrogen-bond acceptors (Lipinski definition) is 0. The Kier molecular flexibility index (Phi) is 2.72. The number of benzene rings is 4. The lowest BCUT2D eigenvalue weighted by molar-refractivity contribution is 1.79. The molecular weight excluding hydrogens is 272 g/mol. The van der Waals surface area contributed by atoms with Gasteiger partial charge in [-0.05, 0) is 44.5 Å². The Bertz CT molecular complexity index is 942. The first-order valence-corrected chi connectivity index (χ1v) is 9.14. The first kappa shape index (κ1) is 11.9. The Morgan fingerprint density at radius 3 is 2.15 bits per heavy atom. The first-order chi connectivity index (χ1) is 9.86. The van der Waals surface area contributed by atoms with Crippen molar-refractivity contribution in [1.82, 2.24) is 0 Å². The molecule has 0 saturated carbocycles. The normalized spacial score (nSPS) is 11.4. The second-order valence-corrected chi connectivity index (χ2v) is 6.55. The molecule has 0 aliphatic heterocycles. The fraction of sp³-hybridized carbons (Fsp3) is 0. The van der Waals surface area contributed by atoms with Crippen molar-refractivity contribution in [2.75, 3.05) is 0 Å². The van der Waals surface area contributed by atoms with E-state index in [0.29, 0.717) is 9.04 Å². The van der Waals surface area contributed by atoms with E-state index in [4.69, 9.17) is 0 Å². The Morgan fingerprint density at radius 2 is 1.35 bits per heavy atom. The van der Waals surface area contributed by atoms with E-state index in [-0.39, 0.29) is 0 Å². The van der Waals surface area contributed by atoms with Gasteiger partial charge in [0.15, 0.2) is 0 Å². The molecule has 0 aliphatic carbocycles. The van der Waals surface area contributed by atoms with Crippen LogP contribution in [0.25, 0.3) is 32.3 Å². The fourth-order valence-corrected chi connectivity index (χ4v) is 4.11. The number of rotatable bonds is 1. The predicted octanol–water partition coefficient (Wildman–Crippen LogP) is 3.56. The zero-order valence-electron chi connectivity index (χ0n) is 10.9. The molecule has 20 heavy (non-hydrogen) atoms. The minimum atomic E-state index is 0.630. The fourth-order valence-electron chi connectivity index (χ4n) is 2.91. The third kappa shape index (κ3) is 1.73. The van der Waals surface area contributed by atoms with Crippen LogP contribution in [0.3, 0.4) is 0 Å². The molecular formula is C18H11Si2. The van der Waals surface area contributed by atoms with Crippen LogP contribution in [0.5, 0.6) is 0 Å². The Hall–Kier alpha value is -1.91. The van der Waals surface area contributed by atoms with Gasteiger partial charge >= 0.3 is 0 Å². The van der Waals surface area contributed by atoms with Gasteiger partial charge in [0.25, 0.3) is 0 Å². The van der Waals surface area contributed by atoms with Crippen LogP contribution in [0, 0.1) is 0 Å². The van der Waals surface area contributed by atoms with Gasteiger partial charge in [-0.1, -0.05) is 59.8 Å². The second-order valence-electron chi connectivity index (χ2n) is 5.01. The van der Waals surface area contributed by atoms with Gasteiger partial charge in [0.2, 0.25) is 0 Å². The smallest absolute Gasteiger partial charge is 0.0613 e. The maximum Gasteiger partial charge on any atom is 0.0613 e. The molecule has 0 nitrogen and oxygen atoms in total. The summed E-state index contributed by atoms with van der Waals surface area (Å²) in [5.41, 5.74) is 0. The van der Waals surface area contributed by atoms with Crippen LogP contribution in [0.4, 0.5) is 0 Å². The maximum atomic E-state index is 3.69. The van der Waals surface area contributed by atoms with E-state index in [1.165, 1.54) is 37.5 Å². The van der Waals surface area contributed by atoms with Gasteiger partial charge in [-0.3, -0.25) is 0 Å². The van der Waals surface area contributed by atoms with Crippen LogP contribution in [0.15, 0.2) is 66.7 Å². The third-order valence-corrected chi connectivity index (χ3v) is 5.36. The van der Waals surface area contributed by atoms with Gasteiger partial charge in [-0.15, -0.1) is 0 Å². The lowest BCUT2D eigenvalue weighted by Crippen LogP contribution is -2.15. The summed E-state index contributed by atoms with van der Waals surface area (Å²) in [4.78, 5) is 0. The SMILES string of the molecule is [Si][Si]c1cccc2ccc3cc4ccccc4cc3c12. The van der Waals surface area contributed by atoms with E-state index in [1.54, 1.807) is 0 Å². The Labute approximate surface area is 123 Å². The molecule has 0 aliphatic rings. The largest absolute Gasteiger partial charge is 0.0632 e. The highest BCUT2D eigenvalue weighted by Gasteiger charge is 2.06. The van der Waals surface area contributed by atoms with Gasteiger partial charge in [0.05, 0.1) is 9.04 Å². The van der Waals surface area contributed by atoms with E-state index in [2.05, 4.69) is 76.5 Å². The lowest BCUT2D eigenvalue weighted by atomic mass is 9.98. The number of hydrogen-bond donors (Lipinski definition) is 0. The summed E-state index contributed by atoms with van der Waals surface area (Å²) in [7, 11) is 4.32. The molecule has 0 saturated heterocycles. The number of fused-ring (bicyclic) bond motifs is 4. The summed E-state index contributed by atoms with van der Waals surface area (Å²) in [5, 5.41) is 9.34. The molecule has 0 N–H and O–H groups in total. The van der Waals surface area contributed by atoms with Crippen molar-refractivity contribution in [2.45, 2.75) is 0 Å². The summed E-state index contributed by atoms with van der Waals surface area (Å²) < 4.78 is 0. The highest BCUT2D eigenvalue weighted by Crippen LogP contribution is 2.28. The molecule has 0 spiro atoms. The van der Waals surface area contributed by atoms with E-state index in [1.807, 2.05) is 0 Å². The topological polar surface area (TPSA) is 0 Å². The van der Waals surface area contributed by atoms with Crippen LogP contribution in [-0.2, 0) is 0 Å². The van der Waals surface area contributed by atoms with Crippen LogP contribution < -0.4 is 5.19 Å². The molecule has 2 heteroatoms. The van der Waals surface area contributed by atoms with E-state index >= 15 is 0 Å². The Morgan fingerprint density at radius 1 is 0.650 bits per heavy atom. The van der Waals surface area contributed by atoms with Gasteiger partial charge in [0, 0.05) is 9.76 Å². The quantitative estimate of drug-likeness (QED) is 0.285. The van der Waals surface area contributed by atoms with Crippen LogP contribution >= 0.6 is 0 Å². The highest BCUT2D eigenvalue weighted by atomic mass is 29.1. The predicted molar refractivity (Wildman–Crippen MR) is 90.1 cm³/mol. The first-order valence-electron chi connectivity index (χ1n) is 6.64. The van der Waals surface area contributed by atoms with Crippen molar-refractivity contribution in [1.29, 1.82) is 0 Å². The third-order valence-electron chi connectivity index (χ3n) is 3.86. The van der Waals surface area contributed by atoms with Crippen LogP contribution in [0.2, 0.25) is 0 Å². The molecule has 0 bridgehead atoms. The molecule has 5 radical (unpaired) electrons. The lowest BCUT2D eigenvalue weighted by Gasteiger charge is -2.10. The zero-order chi connectivity index (χ0) is 13.5. The van der Waals surface area contributed by atoms with Gasteiger partial charge in [0.1, 0.15) is 0 Å². The molecule has 0 heterocycles. The molecule has 0 amide bonds. The average Bonchev–Trinajstić information content (AvgIpc) is 2.52. The minimum absolute atomic E-state index is 0.630. The second kappa shape index (κ2) is 4.58. The summed E-state index contributed by atoms with van der Waals surface area (Å²) >= 11 is 0. The van der Waals surface area contributed by atoms with Crippen molar-refractivity contribution in [2.24, 2.45) is 0 Å². The standard InChI is InChI=1S/C18H11Si2/c19-20-17-7-3-6-12-8-9-15-10-13-4-1-2-5-14(13)11-16(15)18(12)17/h1-11H. The average molecular weight is 283 g/mol. The summed E-state index contributed by atoms with van der Waals surface area (Å²) in [6.45, 7) is 0. The molecule has 0 aromatic heterocycles. The van der Waals surface area contributed by atoms with Gasteiger partial charge in [-0.25, -0.2) is 0 Å². The zero-order valence-corrected chi connectivity index (χ0v) is 12.9. The van der Waals surface area contributed by atoms with Crippen molar-refractivity contribution in [3.05, 3.63) is 66.7 Å². The summed E-state index contributed by atoms with van der Waals surface area (Å²) in [6.07, 6.45) is 0. The van der Waals surface area contributed by atoms with Gasteiger partial charge in [-0.2, -0.15) is 0 Å². The Balaban J connectivity index is 2.25. The molecule has 0 atom stereocenters. The highest BCUT2D eigenvalue weighted by molar-refractivity contribution is 6.98. The summed E-state index contributed by atoms with van der Waals surface area (Å²) in [5.74, 6) is 0. The van der Waals surface area contributed by atoms with E-state index < -0.39 is 0 Å². The van der Waals surface area contributed by atoms with Crippen molar-refractivity contribution in [3.63, 3.8) is 0 Å². The van der Waals surface area contributed by atoms with Crippen molar-refractivity contribution >= 4 is 56.3 Å². The molecule has 0 unspecified atom stereocenters. The molecule has 4 aromatic carbocycles. The van der Waals surface area contributed by atoms with Crippen molar-refractivity contribution in [3.8, 4) is 0 Å². The van der Waals surface area contributed by atoms with Crippen LogP contribution in [-0.4, -0.2) is 18.8 Å². The molecule has 4 rings (SSSR count). The maximum absolute atomic E-state index is 3.69. The molecule has 91 valence electrons. The van der Waals surface area contributed by atoms with Gasteiger partial charge < -0.3 is 0 Å². The minimum Gasteiger partial charge on any atom is -0.0632 e. The summed E-state index contributed by atoms with van der Waals surface area (Å²) in [6, 6.07) is 24.2. The monoisotopic (exact) mass is 283 g/mol. The van der Waals surface area contributed by atoms with Crippen LogP contribution in [0.1, 0.15) is 0 Å². The van der Waals surface area contributed by atoms with Crippen molar-refractivity contribution < 1.29 is 0 Å². The van der Waals surface area contributed by atoms with E-state index in [9.17, 15) is 0 Å². The molecule has 4 aromatic rings.